The Kier molecular flexibility index (Phi) is 6.33. The lowest BCUT2D eigenvalue weighted by molar-refractivity contribution is -0.769. The van der Waals surface area contributed by atoms with Gasteiger partial charge in [-0.1, -0.05) is 0 Å². The van der Waals surface area contributed by atoms with Crippen LogP contribution in [-0.2, 0) is 19.1 Å². The third-order valence-corrected chi connectivity index (χ3v) is 1.12. The van der Waals surface area contributed by atoms with Crippen LogP contribution in [0.4, 0.5) is 0 Å². The fourth-order valence-corrected chi connectivity index (χ4v) is 0.694. The first-order chi connectivity index (χ1) is 6.56. The highest BCUT2D eigenvalue weighted by Crippen LogP contribution is 1.94. The van der Waals surface area contributed by atoms with E-state index in [0.717, 1.165) is 0 Å². The van der Waals surface area contributed by atoms with Crippen molar-refractivity contribution in [2.75, 3.05) is 26.9 Å². The Hall–Kier alpha value is -1.41. The van der Waals surface area contributed by atoms with Crippen LogP contribution < -0.4 is 0 Å². The molecule has 1 atom stereocenters. The van der Waals surface area contributed by atoms with E-state index in [1.54, 1.807) is 0 Å². The topological polar surface area (TPSA) is 108 Å². The summed E-state index contributed by atoms with van der Waals surface area (Å²) in [6.07, 6.45) is -0.908. The summed E-state index contributed by atoms with van der Waals surface area (Å²) < 4.78 is 9.21. The Morgan fingerprint density at radius 3 is 2.64 bits per heavy atom. The third kappa shape index (κ3) is 7.25. The van der Waals surface area contributed by atoms with Gasteiger partial charge in [0.25, 0.3) is 5.09 Å². The van der Waals surface area contributed by atoms with Gasteiger partial charge in [0.15, 0.2) is 6.10 Å². The zero-order valence-electron chi connectivity index (χ0n) is 7.54. The number of nitrogens with zero attached hydrogens (tertiary/aromatic N) is 1. The van der Waals surface area contributed by atoms with E-state index in [1.165, 1.54) is 7.11 Å². The largest absolute Gasteiger partial charge is 0.480 e. The normalized spacial score (nSPS) is 12.1. The number of hydrogen-bond acceptors (Lipinski definition) is 6. The molecule has 0 aliphatic rings. The molecule has 0 aliphatic heterocycles. The second-order valence-electron chi connectivity index (χ2n) is 2.32. The van der Waals surface area contributed by atoms with Crippen LogP contribution in [0.15, 0.2) is 0 Å². The lowest BCUT2D eigenvalue weighted by atomic mass is 10.4. The van der Waals surface area contributed by atoms with Gasteiger partial charge in [-0.15, -0.1) is 10.1 Å². The molecule has 0 saturated heterocycles. The highest BCUT2D eigenvalue weighted by atomic mass is 17.0. The summed E-state index contributed by atoms with van der Waals surface area (Å²) in [4.78, 5) is 24.1. The molecular weight excluding hydrogens is 198 g/mol. The minimum atomic E-state index is -1.15. The summed E-state index contributed by atoms with van der Waals surface area (Å²) in [5.74, 6) is -1.15. The minimum Gasteiger partial charge on any atom is -0.480 e. The lowest BCUT2D eigenvalue weighted by Gasteiger charge is -2.12. The van der Waals surface area contributed by atoms with E-state index in [4.69, 9.17) is 5.11 Å². The van der Waals surface area contributed by atoms with Crippen molar-refractivity contribution in [1.29, 1.82) is 0 Å². The maximum absolute atomic E-state index is 10.0. The molecule has 0 saturated carbocycles. The van der Waals surface area contributed by atoms with Gasteiger partial charge in [-0.05, 0) is 0 Å². The summed E-state index contributed by atoms with van der Waals surface area (Å²) in [7, 11) is 1.34. The van der Waals surface area contributed by atoms with Gasteiger partial charge in [-0.25, -0.2) is 4.79 Å². The van der Waals surface area contributed by atoms with Gasteiger partial charge >= 0.3 is 5.97 Å². The van der Waals surface area contributed by atoms with Gasteiger partial charge < -0.3 is 19.4 Å². The second-order valence-corrected chi connectivity index (χ2v) is 2.32. The molecule has 0 unspecified atom stereocenters. The standard InChI is InChI=1S/C6H11NO7/c1-12-2-5(14-7(10)11)3-13-4-6(8)9/h5H,2-4H2,1H3,(H,8,9)/t5-/m0/s1. The summed E-state index contributed by atoms with van der Waals surface area (Å²) in [6.45, 7) is -0.775. The Balaban J connectivity index is 3.72. The van der Waals surface area contributed by atoms with Crippen LogP contribution in [0.2, 0.25) is 0 Å². The van der Waals surface area contributed by atoms with Gasteiger partial charge in [0.2, 0.25) is 0 Å². The summed E-state index contributed by atoms with van der Waals surface area (Å²) in [5, 5.41) is 17.2. The van der Waals surface area contributed by atoms with Crippen molar-refractivity contribution in [2.24, 2.45) is 0 Å². The van der Waals surface area contributed by atoms with Crippen LogP contribution in [0.1, 0.15) is 0 Å². The summed E-state index contributed by atoms with van der Waals surface area (Å²) >= 11 is 0. The number of carboxylic acid groups (broad SMARTS) is 1. The highest BCUT2D eigenvalue weighted by Gasteiger charge is 2.13. The van der Waals surface area contributed by atoms with Crippen LogP contribution in [0, 0.1) is 10.1 Å². The average Bonchev–Trinajstić information content (AvgIpc) is 2.02. The minimum absolute atomic E-state index is 0.0411. The molecular formula is C6H11NO7. The monoisotopic (exact) mass is 209 g/mol. The lowest BCUT2D eigenvalue weighted by Crippen LogP contribution is -2.28. The average molecular weight is 209 g/mol. The number of carboxylic acids is 1. The number of methoxy groups -OCH3 is 1. The van der Waals surface area contributed by atoms with Crippen LogP contribution in [0.25, 0.3) is 0 Å². The molecule has 0 aliphatic carbocycles. The van der Waals surface area contributed by atoms with Crippen molar-refractivity contribution in [3.8, 4) is 0 Å². The van der Waals surface area contributed by atoms with Crippen LogP contribution >= 0.6 is 0 Å². The van der Waals surface area contributed by atoms with Crippen molar-refractivity contribution in [2.45, 2.75) is 6.10 Å². The Morgan fingerprint density at radius 2 is 2.21 bits per heavy atom. The molecule has 82 valence electrons. The fraction of sp³-hybridized carbons (Fsp3) is 0.833. The molecule has 0 heterocycles. The molecule has 0 rings (SSSR count). The maximum Gasteiger partial charge on any atom is 0.329 e. The zero-order chi connectivity index (χ0) is 11.0. The first-order valence-electron chi connectivity index (χ1n) is 3.66. The predicted octanol–water partition coefficient (Wildman–Crippen LogP) is -0.689. The van der Waals surface area contributed by atoms with E-state index in [9.17, 15) is 14.9 Å². The van der Waals surface area contributed by atoms with Crippen LogP contribution in [0.3, 0.4) is 0 Å². The van der Waals surface area contributed by atoms with E-state index in [1.807, 2.05) is 0 Å². The molecule has 0 radical (unpaired) electrons. The van der Waals surface area contributed by atoms with Crippen molar-refractivity contribution in [1.82, 2.24) is 0 Å². The predicted molar refractivity (Wildman–Crippen MR) is 42.2 cm³/mol. The fourth-order valence-electron chi connectivity index (χ4n) is 0.694. The number of hydrogen-bond donors (Lipinski definition) is 1. The number of ether oxygens (including phenoxy) is 2. The van der Waals surface area contributed by atoms with Crippen LogP contribution in [-0.4, -0.2) is 49.2 Å². The van der Waals surface area contributed by atoms with E-state index in [2.05, 4.69) is 14.3 Å². The van der Waals surface area contributed by atoms with Gasteiger partial charge in [0.05, 0.1) is 13.2 Å². The number of rotatable bonds is 8. The van der Waals surface area contributed by atoms with Crippen LogP contribution in [0.5, 0.6) is 0 Å². The molecule has 8 heteroatoms. The molecule has 0 amide bonds. The molecule has 14 heavy (non-hydrogen) atoms. The maximum atomic E-state index is 10.0. The van der Waals surface area contributed by atoms with Gasteiger partial charge in [-0.2, -0.15) is 0 Å². The SMILES string of the molecule is COC[C@@H](COCC(=O)O)O[N+](=O)[O-]. The van der Waals surface area contributed by atoms with E-state index in [0.29, 0.717) is 0 Å². The summed E-state index contributed by atoms with van der Waals surface area (Å²) in [6, 6.07) is 0. The molecule has 0 aromatic heterocycles. The first kappa shape index (κ1) is 12.6. The van der Waals surface area contributed by atoms with E-state index >= 15 is 0 Å². The summed E-state index contributed by atoms with van der Waals surface area (Å²) in [5.41, 5.74) is 0. The molecule has 0 bridgehead atoms. The van der Waals surface area contributed by atoms with Gasteiger partial charge in [-0.3, -0.25) is 0 Å². The molecule has 1 N–H and O–H groups in total. The Labute approximate surface area is 79.5 Å². The van der Waals surface area contributed by atoms with Crippen molar-refractivity contribution in [3.63, 3.8) is 0 Å². The Bertz CT molecular complexity index is 195. The third-order valence-electron chi connectivity index (χ3n) is 1.12. The van der Waals surface area contributed by atoms with E-state index < -0.39 is 23.8 Å². The number of carbonyl (C=O) groups is 1. The molecule has 0 fully saturated rings. The van der Waals surface area contributed by atoms with E-state index in [-0.39, 0.29) is 13.2 Å². The number of aliphatic carboxylic acids is 1. The zero-order valence-corrected chi connectivity index (χ0v) is 7.54. The molecule has 0 aromatic rings. The Morgan fingerprint density at radius 1 is 1.57 bits per heavy atom. The quantitative estimate of drug-likeness (QED) is 0.416. The highest BCUT2D eigenvalue weighted by molar-refractivity contribution is 5.67. The van der Waals surface area contributed by atoms with Gasteiger partial charge in [0, 0.05) is 7.11 Å². The van der Waals surface area contributed by atoms with Gasteiger partial charge in [0.1, 0.15) is 6.61 Å². The van der Waals surface area contributed by atoms with Crippen molar-refractivity contribution >= 4 is 5.97 Å². The molecule has 8 nitrogen and oxygen atoms in total. The van der Waals surface area contributed by atoms with Crippen molar-refractivity contribution in [3.05, 3.63) is 10.1 Å². The van der Waals surface area contributed by atoms with Crippen molar-refractivity contribution < 1.29 is 29.3 Å². The second kappa shape index (κ2) is 7.04. The smallest absolute Gasteiger partial charge is 0.329 e. The first-order valence-corrected chi connectivity index (χ1v) is 3.66. The molecule has 0 spiro atoms. The molecule has 0 aromatic carbocycles.